The van der Waals surface area contributed by atoms with E-state index in [9.17, 15) is 0 Å². The molecule has 0 fully saturated rings. The van der Waals surface area contributed by atoms with Crippen LogP contribution in [0.2, 0.25) is 0 Å². The van der Waals surface area contributed by atoms with E-state index < -0.39 is 0 Å². The van der Waals surface area contributed by atoms with Crippen LogP contribution < -0.4 is 0 Å². The van der Waals surface area contributed by atoms with Gasteiger partial charge in [0.1, 0.15) is 0 Å². The van der Waals surface area contributed by atoms with E-state index in [1.165, 1.54) is 21.9 Å². The van der Waals surface area contributed by atoms with Gasteiger partial charge >= 0.3 is 0 Å². The van der Waals surface area contributed by atoms with Gasteiger partial charge in [0.2, 0.25) is 0 Å². The van der Waals surface area contributed by atoms with Gasteiger partial charge in [-0.15, -0.1) is 0 Å². The molecule has 318 valence electrons. The Morgan fingerprint density at radius 2 is 0.662 bits per heavy atom. The lowest BCUT2D eigenvalue weighted by Crippen LogP contribution is -2.02. The van der Waals surface area contributed by atoms with Crippen LogP contribution in [0.25, 0.3) is 122 Å². The molecule has 0 saturated heterocycles. The Morgan fingerprint density at radius 1 is 0.265 bits per heavy atom. The highest BCUT2D eigenvalue weighted by Gasteiger charge is 2.24. The summed E-state index contributed by atoms with van der Waals surface area (Å²) in [4.78, 5) is 5.32. The fourth-order valence-electron chi connectivity index (χ4n) is 10.6. The van der Waals surface area contributed by atoms with Crippen molar-refractivity contribution < 1.29 is 0 Å². The van der Waals surface area contributed by atoms with Crippen LogP contribution >= 0.6 is 0 Å². The van der Waals surface area contributed by atoms with Gasteiger partial charge in [0, 0.05) is 28.5 Å². The quantitative estimate of drug-likeness (QED) is 0.140. The highest BCUT2D eigenvalue weighted by Crippen LogP contribution is 2.48. The fraction of sp³-hybridized carbons (Fsp3) is 0. The maximum atomic E-state index is 5.32. The van der Waals surface area contributed by atoms with Crippen LogP contribution in [0, 0.1) is 0 Å². The number of benzene rings is 10. The van der Waals surface area contributed by atoms with Crippen LogP contribution in [0.15, 0.2) is 261 Å². The van der Waals surface area contributed by atoms with Crippen molar-refractivity contribution in [2.75, 3.05) is 0 Å². The molecule has 0 atom stereocenters. The van der Waals surface area contributed by atoms with Crippen molar-refractivity contribution in [3.05, 3.63) is 261 Å². The molecule has 0 amide bonds. The van der Waals surface area contributed by atoms with Gasteiger partial charge in [0.15, 0.2) is 0 Å². The fourth-order valence-corrected chi connectivity index (χ4v) is 10.6. The Bertz CT molecular complexity index is 3610. The van der Waals surface area contributed by atoms with Crippen LogP contribution in [0.5, 0.6) is 0 Å². The molecule has 0 aliphatic rings. The Kier molecular flexibility index (Phi) is 9.50. The Morgan fingerprint density at radius 3 is 1.16 bits per heavy atom. The number of hydrogen-bond acceptors (Lipinski definition) is 1. The predicted octanol–water partition coefficient (Wildman–Crippen LogP) is 17.3. The van der Waals surface area contributed by atoms with Gasteiger partial charge in [-0.25, -0.2) is 0 Å². The molecular weight excluding hydrogens is 823 g/mol. The smallest absolute Gasteiger partial charge is 0.0792 e. The lowest BCUT2D eigenvalue weighted by atomic mass is 9.84. The number of pyridine rings is 1. The molecule has 0 aliphatic heterocycles. The zero-order chi connectivity index (χ0) is 45.0. The van der Waals surface area contributed by atoms with Crippen molar-refractivity contribution in [2.24, 2.45) is 0 Å². The molecule has 68 heavy (non-hydrogen) atoms. The number of fused-ring (bicyclic) bond motifs is 4. The van der Waals surface area contributed by atoms with Crippen LogP contribution in [0.1, 0.15) is 0 Å². The van der Waals surface area contributed by atoms with Crippen molar-refractivity contribution in [1.29, 1.82) is 0 Å². The molecule has 0 bridgehead atoms. The Hall–Kier alpha value is -9.05. The van der Waals surface area contributed by atoms with Crippen LogP contribution in [0.4, 0.5) is 0 Å². The van der Waals surface area contributed by atoms with Gasteiger partial charge in [0.05, 0.1) is 28.5 Å². The summed E-state index contributed by atoms with van der Waals surface area (Å²) in [5, 5.41) is 9.27. The summed E-state index contributed by atoms with van der Waals surface area (Å²) in [6.45, 7) is 0. The third-order valence-corrected chi connectivity index (χ3v) is 13.6. The molecule has 0 radical (unpaired) electrons. The topological polar surface area (TPSA) is 22.8 Å². The zero-order valence-electron chi connectivity index (χ0n) is 37.2. The molecule has 3 heterocycles. The van der Waals surface area contributed by atoms with Crippen LogP contribution in [-0.2, 0) is 0 Å². The summed E-state index contributed by atoms with van der Waals surface area (Å²) in [5.41, 5.74) is 15.8. The first-order chi connectivity index (χ1) is 33.8. The molecular formula is C65H43N3. The van der Waals surface area contributed by atoms with E-state index in [1.807, 2.05) is 6.20 Å². The summed E-state index contributed by atoms with van der Waals surface area (Å²) >= 11 is 0. The van der Waals surface area contributed by atoms with E-state index in [1.54, 1.807) is 0 Å². The first kappa shape index (κ1) is 39.3. The van der Waals surface area contributed by atoms with Gasteiger partial charge in [-0.1, -0.05) is 200 Å². The van der Waals surface area contributed by atoms with Crippen molar-refractivity contribution in [2.45, 2.75) is 0 Å². The molecule has 13 aromatic rings. The summed E-state index contributed by atoms with van der Waals surface area (Å²) in [6, 6.07) is 92.5. The Labute approximate surface area is 395 Å². The van der Waals surface area contributed by atoms with Crippen molar-refractivity contribution >= 4 is 43.1 Å². The Balaban J connectivity index is 1.19. The van der Waals surface area contributed by atoms with E-state index in [-0.39, 0.29) is 0 Å². The number of nitrogens with zero attached hydrogens (tertiary/aromatic N) is 3. The summed E-state index contributed by atoms with van der Waals surface area (Å²) in [5.74, 6) is 0. The first-order valence-electron chi connectivity index (χ1n) is 23.3. The standard InChI is InChI=1S/C65H43N3/c1-5-20-46(21-6-1)59-36-37-60(47-22-7-2-8-23-47)67(59)50-33-35-56-57(42-50)63(54-31-17-28-44-18-13-15-29-52(44)54)55-34-32-51(43-58(55)64(56)65-53-30-16-14-19-45(53)40-41-66-65)68-61(48-24-9-3-10-25-48)38-39-62(68)49-26-11-4-12-27-49/h1-43H. The molecule has 13 rings (SSSR count). The van der Waals surface area contributed by atoms with E-state index in [0.717, 1.165) is 100.0 Å². The van der Waals surface area contributed by atoms with Gasteiger partial charge in [0.25, 0.3) is 0 Å². The molecule has 0 aliphatic carbocycles. The van der Waals surface area contributed by atoms with Crippen molar-refractivity contribution in [3.8, 4) is 78.8 Å². The average molecular weight is 866 g/mol. The molecule has 10 aromatic carbocycles. The van der Waals surface area contributed by atoms with Gasteiger partial charge in [-0.2, -0.15) is 0 Å². The molecule has 3 aromatic heterocycles. The largest absolute Gasteiger partial charge is 0.309 e. The summed E-state index contributed by atoms with van der Waals surface area (Å²) in [6.07, 6.45) is 1.97. The van der Waals surface area contributed by atoms with Crippen LogP contribution in [-0.4, -0.2) is 14.1 Å². The van der Waals surface area contributed by atoms with E-state index >= 15 is 0 Å². The highest BCUT2D eigenvalue weighted by atomic mass is 15.0. The third-order valence-electron chi connectivity index (χ3n) is 13.6. The molecule has 0 saturated carbocycles. The van der Waals surface area contributed by atoms with E-state index in [4.69, 9.17) is 4.98 Å². The second-order valence-electron chi connectivity index (χ2n) is 17.5. The highest BCUT2D eigenvalue weighted by molar-refractivity contribution is 6.25. The first-order valence-corrected chi connectivity index (χ1v) is 23.3. The SMILES string of the molecule is c1ccc(-c2ccc(-c3ccccc3)n2-c2ccc3c(-c4nccc5ccccc45)c4cc(-n5c(-c6ccccc6)ccc5-c5ccccc5)ccc4c(-c4cccc5ccccc45)c3c2)cc1. The molecule has 3 heteroatoms. The minimum absolute atomic E-state index is 0.961. The average Bonchev–Trinajstić information content (AvgIpc) is 4.07. The molecule has 0 unspecified atom stereocenters. The second kappa shape index (κ2) is 16.4. The zero-order valence-corrected chi connectivity index (χ0v) is 37.2. The van der Waals surface area contributed by atoms with Crippen molar-refractivity contribution in [3.63, 3.8) is 0 Å². The lowest BCUT2D eigenvalue weighted by molar-refractivity contribution is 1.10. The molecule has 0 N–H and O–H groups in total. The minimum atomic E-state index is 0.961. The maximum Gasteiger partial charge on any atom is 0.0792 e. The molecule has 0 spiro atoms. The van der Waals surface area contributed by atoms with Gasteiger partial charge < -0.3 is 9.13 Å². The number of hydrogen-bond donors (Lipinski definition) is 0. The molecule has 3 nitrogen and oxygen atoms in total. The monoisotopic (exact) mass is 865 g/mol. The third kappa shape index (κ3) is 6.55. The van der Waals surface area contributed by atoms with Crippen molar-refractivity contribution in [1.82, 2.24) is 14.1 Å². The van der Waals surface area contributed by atoms with E-state index in [0.29, 0.717) is 0 Å². The summed E-state index contributed by atoms with van der Waals surface area (Å²) < 4.78 is 4.86. The second-order valence-corrected chi connectivity index (χ2v) is 17.5. The minimum Gasteiger partial charge on any atom is -0.309 e. The maximum absolute atomic E-state index is 5.32. The predicted molar refractivity (Wildman–Crippen MR) is 286 cm³/mol. The normalized spacial score (nSPS) is 11.5. The number of rotatable bonds is 8. The summed E-state index contributed by atoms with van der Waals surface area (Å²) in [7, 11) is 0. The van der Waals surface area contributed by atoms with E-state index in [2.05, 4.69) is 264 Å². The van der Waals surface area contributed by atoms with Gasteiger partial charge in [-0.05, 0) is 126 Å². The van der Waals surface area contributed by atoms with Crippen LogP contribution in [0.3, 0.4) is 0 Å². The lowest BCUT2D eigenvalue weighted by Gasteiger charge is -2.22. The number of aromatic nitrogens is 3. The van der Waals surface area contributed by atoms with Gasteiger partial charge in [-0.3, -0.25) is 4.98 Å².